The maximum Gasteiger partial charge on any atom is 0.162 e. The van der Waals surface area contributed by atoms with Crippen LogP contribution in [-0.4, -0.2) is 19.3 Å². The Kier molecular flexibility index (Phi) is 4.75. The zero-order valence-electron chi connectivity index (χ0n) is 11.8. The van der Waals surface area contributed by atoms with E-state index in [1.54, 1.807) is 18.2 Å². The maximum absolute atomic E-state index is 13.6. The van der Waals surface area contributed by atoms with Crippen LogP contribution in [0.4, 0.5) is 8.78 Å². The first-order valence-electron chi connectivity index (χ1n) is 6.39. The van der Waals surface area contributed by atoms with Crippen molar-refractivity contribution in [2.24, 2.45) is 0 Å². The summed E-state index contributed by atoms with van der Waals surface area (Å²) in [6.07, 6.45) is -1.06. The number of methoxy groups -OCH3 is 2. The number of rotatable bonds is 5. The molecule has 3 nitrogen and oxygen atoms in total. The summed E-state index contributed by atoms with van der Waals surface area (Å²) in [5.74, 6) is -0.858. The van der Waals surface area contributed by atoms with Gasteiger partial charge in [0.15, 0.2) is 11.6 Å². The molecule has 1 unspecified atom stereocenters. The first-order chi connectivity index (χ1) is 10.1. The molecule has 0 heterocycles. The lowest BCUT2D eigenvalue weighted by Gasteiger charge is -2.16. The third kappa shape index (κ3) is 3.31. The third-order valence-corrected chi connectivity index (χ3v) is 3.24. The predicted molar refractivity (Wildman–Crippen MR) is 74.6 cm³/mol. The summed E-state index contributed by atoms with van der Waals surface area (Å²) in [4.78, 5) is 0. The lowest BCUT2D eigenvalue weighted by Crippen LogP contribution is -2.06. The summed E-state index contributed by atoms with van der Waals surface area (Å²) in [6.45, 7) is 0. The highest BCUT2D eigenvalue weighted by molar-refractivity contribution is 5.42. The number of aliphatic hydroxyl groups excluding tert-OH is 1. The lowest BCUT2D eigenvalue weighted by atomic mass is 10.00. The van der Waals surface area contributed by atoms with Gasteiger partial charge in [-0.1, -0.05) is 12.1 Å². The van der Waals surface area contributed by atoms with Gasteiger partial charge in [0.05, 0.1) is 20.3 Å². The molecule has 5 heteroatoms. The highest BCUT2D eigenvalue weighted by Crippen LogP contribution is 2.31. The van der Waals surface area contributed by atoms with E-state index in [1.807, 2.05) is 0 Å². The van der Waals surface area contributed by atoms with E-state index in [1.165, 1.54) is 26.4 Å². The number of aliphatic hydroxyl groups is 1. The van der Waals surface area contributed by atoms with Crippen molar-refractivity contribution in [2.45, 2.75) is 12.5 Å². The second kappa shape index (κ2) is 6.54. The Morgan fingerprint density at radius 3 is 2.52 bits per heavy atom. The standard InChI is InChI=1S/C16H16F2O3/c1-20-11-6-7-12(15(9-11)21-2)14(19)8-10-4-3-5-13(17)16(10)18/h3-7,9,14,19H,8H2,1-2H3. The van der Waals surface area contributed by atoms with Gasteiger partial charge in [-0.2, -0.15) is 0 Å². The van der Waals surface area contributed by atoms with E-state index >= 15 is 0 Å². The Morgan fingerprint density at radius 1 is 1.10 bits per heavy atom. The number of benzene rings is 2. The minimum atomic E-state index is -1.01. The predicted octanol–water partition coefficient (Wildman–Crippen LogP) is 3.26. The average molecular weight is 294 g/mol. The number of halogens is 2. The van der Waals surface area contributed by atoms with Crippen molar-refractivity contribution < 1.29 is 23.4 Å². The first-order valence-corrected chi connectivity index (χ1v) is 6.39. The van der Waals surface area contributed by atoms with E-state index in [0.29, 0.717) is 17.1 Å². The molecule has 21 heavy (non-hydrogen) atoms. The van der Waals surface area contributed by atoms with E-state index in [2.05, 4.69) is 0 Å². The highest BCUT2D eigenvalue weighted by atomic mass is 19.2. The van der Waals surface area contributed by atoms with Crippen LogP contribution in [0.2, 0.25) is 0 Å². The quantitative estimate of drug-likeness (QED) is 0.920. The molecule has 2 aromatic carbocycles. The van der Waals surface area contributed by atoms with Crippen LogP contribution < -0.4 is 9.47 Å². The van der Waals surface area contributed by atoms with Crippen molar-refractivity contribution in [3.63, 3.8) is 0 Å². The molecule has 0 aromatic heterocycles. The van der Waals surface area contributed by atoms with Gasteiger partial charge in [0.2, 0.25) is 0 Å². The van der Waals surface area contributed by atoms with Crippen molar-refractivity contribution in [1.29, 1.82) is 0 Å². The van der Waals surface area contributed by atoms with Crippen molar-refractivity contribution in [3.05, 3.63) is 59.2 Å². The van der Waals surface area contributed by atoms with E-state index in [-0.39, 0.29) is 12.0 Å². The van der Waals surface area contributed by atoms with Crippen molar-refractivity contribution in [2.75, 3.05) is 14.2 Å². The van der Waals surface area contributed by atoms with Gasteiger partial charge in [-0.15, -0.1) is 0 Å². The van der Waals surface area contributed by atoms with Crippen LogP contribution in [0, 0.1) is 11.6 Å². The SMILES string of the molecule is COc1ccc(C(O)Cc2cccc(F)c2F)c(OC)c1. The zero-order chi connectivity index (χ0) is 15.4. The van der Waals surface area contributed by atoms with Gasteiger partial charge in [-0.3, -0.25) is 0 Å². The molecule has 0 radical (unpaired) electrons. The fraction of sp³-hybridized carbons (Fsp3) is 0.250. The van der Waals surface area contributed by atoms with Crippen LogP contribution in [0.1, 0.15) is 17.2 Å². The van der Waals surface area contributed by atoms with Crippen LogP contribution in [0.5, 0.6) is 11.5 Å². The molecule has 2 aromatic rings. The lowest BCUT2D eigenvalue weighted by molar-refractivity contribution is 0.172. The molecular formula is C16H16F2O3. The van der Waals surface area contributed by atoms with Gasteiger partial charge < -0.3 is 14.6 Å². The summed E-state index contributed by atoms with van der Waals surface area (Å²) in [5, 5.41) is 10.3. The molecule has 0 aliphatic rings. The second-order valence-electron chi connectivity index (χ2n) is 4.54. The Morgan fingerprint density at radius 2 is 1.86 bits per heavy atom. The average Bonchev–Trinajstić information content (AvgIpc) is 2.51. The maximum atomic E-state index is 13.6. The smallest absolute Gasteiger partial charge is 0.162 e. The second-order valence-corrected chi connectivity index (χ2v) is 4.54. The minimum absolute atomic E-state index is 0.0493. The fourth-order valence-electron chi connectivity index (χ4n) is 2.12. The molecule has 0 aliphatic carbocycles. The van der Waals surface area contributed by atoms with Crippen LogP contribution in [0.25, 0.3) is 0 Å². The van der Waals surface area contributed by atoms with Crippen molar-refractivity contribution in [1.82, 2.24) is 0 Å². The largest absolute Gasteiger partial charge is 0.497 e. The molecule has 0 bridgehead atoms. The van der Waals surface area contributed by atoms with Crippen molar-refractivity contribution >= 4 is 0 Å². The van der Waals surface area contributed by atoms with Crippen LogP contribution >= 0.6 is 0 Å². The van der Waals surface area contributed by atoms with Crippen LogP contribution in [-0.2, 0) is 6.42 Å². The summed E-state index contributed by atoms with van der Waals surface area (Å²) < 4.78 is 37.1. The molecule has 0 spiro atoms. The summed E-state index contributed by atoms with van der Waals surface area (Å²) >= 11 is 0. The Labute approximate surface area is 121 Å². The minimum Gasteiger partial charge on any atom is -0.497 e. The molecule has 1 atom stereocenters. The summed E-state index contributed by atoms with van der Waals surface area (Å²) in [7, 11) is 2.99. The first kappa shape index (κ1) is 15.3. The number of hydrogen-bond donors (Lipinski definition) is 1. The third-order valence-electron chi connectivity index (χ3n) is 3.24. The molecule has 0 saturated carbocycles. The Balaban J connectivity index is 2.28. The van der Waals surface area contributed by atoms with E-state index < -0.39 is 17.7 Å². The molecule has 1 N–H and O–H groups in total. The van der Waals surface area contributed by atoms with E-state index in [9.17, 15) is 13.9 Å². The monoisotopic (exact) mass is 294 g/mol. The molecule has 2 rings (SSSR count). The Bertz CT molecular complexity index is 629. The Hall–Kier alpha value is -2.14. The van der Waals surface area contributed by atoms with E-state index in [4.69, 9.17) is 9.47 Å². The number of ether oxygens (including phenoxy) is 2. The summed E-state index contributed by atoms with van der Waals surface area (Å²) in [6, 6.07) is 8.82. The van der Waals surface area contributed by atoms with Gasteiger partial charge in [-0.25, -0.2) is 8.78 Å². The van der Waals surface area contributed by atoms with Gasteiger partial charge in [0.25, 0.3) is 0 Å². The zero-order valence-corrected chi connectivity index (χ0v) is 11.8. The molecule has 0 amide bonds. The number of hydrogen-bond acceptors (Lipinski definition) is 3. The van der Waals surface area contributed by atoms with Gasteiger partial charge in [-0.05, 0) is 23.8 Å². The molecule has 112 valence electrons. The fourth-order valence-corrected chi connectivity index (χ4v) is 2.12. The molecule has 0 saturated heterocycles. The highest BCUT2D eigenvalue weighted by Gasteiger charge is 2.18. The topological polar surface area (TPSA) is 38.7 Å². The molecular weight excluding hydrogens is 278 g/mol. The molecule has 0 fully saturated rings. The van der Waals surface area contributed by atoms with Gasteiger partial charge >= 0.3 is 0 Å². The van der Waals surface area contributed by atoms with Crippen LogP contribution in [0.15, 0.2) is 36.4 Å². The van der Waals surface area contributed by atoms with Crippen LogP contribution in [0.3, 0.4) is 0 Å². The summed E-state index contributed by atoms with van der Waals surface area (Å²) in [5.41, 5.74) is 0.599. The molecule has 0 aliphatic heterocycles. The van der Waals surface area contributed by atoms with E-state index in [0.717, 1.165) is 6.07 Å². The van der Waals surface area contributed by atoms with Gasteiger partial charge in [0, 0.05) is 18.1 Å². The van der Waals surface area contributed by atoms with Gasteiger partial charge in [0.1, 0.15) is 11.5 Å². The normalized spacial score (nSPS) is 12.0. The van der Waals surface area contributed by atoms with Crippen molar-refractivity contribution in [3.8, 4) is 11.5 Å².